The molecule has 0 saturated carbocycles. The molecule has 5 aromatic carbocycles. The molecule has 4 heteroatoms. The molecule has 4 nitrogen and oxygen atoms in total. The maximum Gasteiger partial charge on any atom is 0.118 e. The highest BCUT2D eigenvalue weighted by molar-refractivity contribution is 5.80. The van der Waals surface area contributed by atoms with Crippen LogP contribution in [0.2, 0.25) is 0 Å². The highest BCUT2D eigenvalue weighted by Gasteiger charge is 2.44. The van der Waals surface area contributed by atoms with Crippen LogP contribution in [0.5, 0.6) is 23.0 Å². The van der Waals surface area contributed by atoms with Crippen molar-refractivity contribution in [2.75, 3.05) is 0 Å². The molecule has 0 fully saturated rings. The van der Waals surface area contributed by atoms with Gasteiger partial charge in [0.05, 0.1) is 5.41 Å². The fourth-order valence-corrected chi connectivity index (χ4v) is 6.78. The standard InChI is InChI=1S/C40H42O4/c1-21-10-11-32(31(12-21)30-13-26(6)36(41)17-22(30)2)40(33-14-27(7)37(42)18-23(33)3,34-15-28(8)38(43)19-24(34)4)35-16-29(9)39(44)20-25(35)5/h10-20,41-44H,1-9H3. The summed E-state index contributed by atoms with van der Waals surface area (Å²) >= 11 is 0. The van der Waals surface area contributed by atoms with Crippen LogP contribution in [0.15, 0.2) is 66.7 Å². The van der Waals surface area contributed by atoms with Gasteiger partial charge in [0.2, 0.25) is 0 Å². The van der Waals surface area contributed by atoms with Gasteiger partial charge in [0.15, 0.2) is 0 Å². The predicted molar refractivity (Wildman–Crippen MR) is 179 cm³/mol. The summed E-state index contributed by atoms with van der Waals surface area (Å²) in [7, 11) is 0. The van der Waals surface area contributed by atoms with Gasteiger partial charge >= 0.3 is 0 Å². The molecule has 0 aromatic heterocycles. The van der Waals surface area contributed by atoms with E-state index in [9.17, 15) is 20.4 Å². The second-order valence-electron chi connectivity index (χ2n) is 12.6. The largest absolute Gasteiger partial charge is 0.508 e. The number of hydrogen-bond donors (Lipinski definition) is 4. The van der Waals surface area contributed by atoms with Gasteiger partial charge in [-0.2, -0.15) is 0 Å². The number of benzene rings is 5. The Morgan fingerprint density at radius 3 is 1.11 bits per heavy atom. The van der Waals surface area contributed by atoms with Crippen molar-refractivity contribution in [3.63, 3.8) is 0 Å². The van der Waals surface area contributed by atoms with E-state index >= 15 is 0 Å². The van der Waals surface area contributed by atoms with Gasteiger partial charge in [-0.05, 0) is 171 Å². The number of hydrogen-bond acceptors (Lipinski definition) is 4. The van der Waals surface area contributed by atoms with Crippen LogP contribution >= 0.6 is 0 Å². The van der Waals surface area contributed by atoms with E-state index < -0.39 is 5.41 Å². The maximum atomic E-state index is 10.8. The minimum atomic E-state index is -0.936. The van der Waals surface area contributed by atoms with Crippen LogP contribution in [-0.2, 0) is 5.41 Å². The summed E-state index contributed by atoms with van der Waals surface area (Å²) in [4.78, 5) is 0. The number of rotatable bonds is 5. The molecule has 0 aliphatic carbocycles. The van der Waals surface area contributed by atoms with E-state index in [0.717, 1.165) is 83.5 Å². The molecule has 0 radical (unpaired) electrons. The van der Waals surface area contributed by atoms with Gasteiger partial charge in [-0.25, -0.2) is 0 Å². The van der Waals surface area contributed by atoms with Gasteiger partial charge in [-0.1, -0.05) is 42.0 Å². The Bertz CT molecular complexity index is 1810. The van der Waals surface area contributed by atoms with Gasteiger partial charge in [0.25, 0.3) is 0 Å². The van der Waals surface area contributed by atoms with E-state index in [0.29, 0.717) is 0 Å². The summed E-state index contributed by atoms with van der Waals surface area (Å²) in [5.74, 6) is 0.941. The van der Waals surface area contributed by atoms with E-state index in [1.807, 2.05) is 85.7 Å². The Balaban J connectivity index is 2.14. The molecule has 0 heterocycles. The molecule has 0 unspecified atom stereocenters. The molecule has 5 rings (SSSR count). The Labute approximate surface area is 260 Å². The molecule has 0 aliphatic rings. The zero-order valence-corrected chi connectivity index (χ0v) is 27.1. The quantitative estimate of drug-likeness (QED) is 0.155. The summed E-state index contributed by atoms with van der Waals surface area (Å²) in [6, 6.07) is 22.1. The second kappa shape index (κ2) is 11.1. The lowest BCUT2D eigenvalue weighted by atomic mass is 9.60. The summed E-state index contributed by atoms with van der Waals surface area (Å²) in [5, 5.41) is 43.1. The highest BCUT2D eigenvalue weighted by atomic mass is 16.3. The van der Waals surface area contributed by atoms with Gasteiger partial charge < -0.3 is 20.4 Å². The molecule has 0 saturated heterocycles. The predicted octanol–water partition coefficient (Wildman–Crippen LogP) is 9.33. The van der Waals surface area contributed by atoms with Gasteiger partial charge in [0.1, 0.15) is 23.0 Å². The van der Waals surface area contributed by atoms with Crippen LogP contribution in [0.3, 0.4) is 0 Å². The molecule has 4 N–H and O–H groups in total. The topological polar surface area (TPSA) is 80.9 Å². The second-order valence-corrected chi connectivity index (χ2v) is 12.6. The molecule has 5 aromatic rings. The number of phenols is 4. The summed E-state index contributed by atoms with van der Waals surface area (Å²) in [6.07, 6.45) is 0. The van der Waals surface area contributed by atoms with Crippen molar-refractivity contribution in [1.82, 2.24) is 0 Å². The molecular formula is C40H42O4. The Morgan fingerprint density at radius 1 is 0.341 bits per heavy atom. The molecule has 44 heavy (non-hydrogen) atoms. The maximum absolute atomic E-state index is 10.8. The summed E-state index contributed by atoms with van der Waals surface area (Å²) < 4.78 is 0. The van der Waals surface area contributed by atoms with Crippen molar-refractivity contribution < 1.29 is 20.4 Å². The van der Waals surface area contributed by atoms with Crippen LogP contribution in [0.25, 0.3) is 11.1 Å². The Morgan fingerprint density at radius 2 is 0.705 bits per heavy atom. The van der Waals surface area contributed by atoms with E-state index in [4.69, 9.17) is 0 Å². The van der Waals surface area contributed by atoms with Crippen LogP contribution in [0.4, 0.5) is 0 Å². The molecule has 0 atom stereocenters. The van der Waals surface area contributed by atoms with Crippen molar-refractivity contribution in [1.29, 1.82) is 0 Å². The Hall–Kier alpha value is -4.70. The third kappa shape index (κ3) is 4.89. The zero-order valence-electron chi connectivity index (χ0n) is 27.1. The lowest BCUT2D eigenvalue weighted by molar-refractivity contribution is 0.469. The average molecular weight is 587 g/mol. The first-order valence-electron chi connectivity index (χ1n) is 15.0. The smallest absolute Gasteiger partial charge is 0.118 e. The molecule has 0 bridgehead atoms. The monoisotopic (exact) mass is 586 g/mol. The van der Waals surface area contributed by atoms with Gasteiger partial charge in [0, 0.05) is 0 Å². The van der Waals surface area contributed by atoms with Crippen molar-refractivity contribution in [3.05, 3.63) is 139 Å². The van der Waals surface area contributed by atoms with Gasteiger partial charge in [-0.15, -0.1) is 0 Å². The van der Waals surface area contributed by atoms with Crippen LogP contribution in [0, 0.1) is 62.3 Å². The molecule has 0 spiro atoms. The van der Waals surface area contributed by atoms with E-state index in [2.05, 4.69) is 43.3 Å². The molecule has 0 amide bonds. The van der Waals surface area contributed by atoms with E-state index in [-0.39, 0.29) is 23.0 Å². The summed E-state index contributed by atoms with van der Waals surface area (Å²) in [5.41, 5.74) is 12.9. The number of aromatic hydroxyl groups is 4. The lowest BCUT2D eigenvalue weighted by Gasteiger charge is -2.42. The van der Waals surface area contributed by atoms with Crippen molar-refractivity contribution in [3.8, 4) is 34.1 Å². The lowest BCUT2D eigenvalue weighted by Crippen LogP contribution is -2.34. The first-order chi connectivity index (χ1) is 20.7. The van der Waals surface area contributed by atoms with E-state index in [1.165, 1.54) is 0 Å². The molecular weight excluding hydrogens is 544 g/mol. The van der Waals surface area contributed by atoms with Crippen LogP contribution in [-0.4, -0.2) is 20.4 Å². The van der Waals surface area contributed by atoms with Crippen molar-refractivity contribution >= 4 is 0 Å². The van der Waals surface area contributed by atoms with Crippen LogP contribution < -0.4 is 0 Å². The number of aryl methyl sites for hydroxylation is 9. The SMILES string of the molecule is Cc1ccc(C(c2cc(C)c(O)cc2C)(c2cc(C)c(O)cc2C)c2cc(C)c(O)cc2C)c(-c2cc(C)c(O)cc2C)c1. The molecule has 0 aliphatic heterocycles. The summed E-state index contributed by atoms with van der Waals surface area (Å²) in [6.45, 7) is 17.8. The van der Waals surface area contributed by atoms with Crippen molar-refractivity contribution in [2.24, 2.45) is 0 Å². The molecule has 226 valence electrons. The highest BCUT2D eigenvalue weighted by Crippen LogP contribution is 2.53. The average Bonchev–Trinajstić information content (AvgIpc) is 2.95. The van der Waals surface area contributed by atoms with Gasteiger partial charge in [-0.3, -0.25) is 0 Å². The van der Waals surface area contributed by atoms with E-state index in [1.54, 1.807) is 0 Å². The first kappa shape index (κ1) is 30.7. The van der Waals surface area contributed by atoms with Crippen molar-refractivity contribution in [2.45, 2.75) is 67.7 Å². The minimum Gasteiger partial charge on any atom is -0.508 e. The third-order valence-electron chi connectivity index (χ3n) is 9.25. The minimum absolute atomic E-state index is 0.228. The first-order valence-corrected chi connectivity index (χ1v) is 15.0. The fourth-order valence-electron chi connectivity index (χ4n) is 6.78. The number of phenolic OH excluding ortho intramolecular Hbond substituents is 4. The Kier molecular flexibility index (Phi) is 7.75. The third-order valence-corrected chi connectivity index (χ3v) is 9.25. The van der Waals surface area contributed by atoms with Crippen LogP contribution in [0.1, 0.15) is 72.3 Å². The zero-order chi connectivity index (χ0) is 32.2. The normalized spacial score (nSPS) is 11.7. The fraction of sp³-hybridized carbons (Fsp3) is 0.250.